The minimum atomic E-state index is -0.380. The van der Waals surface area contributed by atoms with Crippen molar-refractivity contribution in [1.29, 1.82) is 0 Å². The second-order valence-corrected chi connectivity index (χ2v) is 6.60. The summed E-state index contributed by atoms with van der Waals surface area (Å²) in [5.74, 6) is 0.142. The lowest BCUT2D eigenvalue weighted by atomic mass is 10.1. The Morgan fingerprint density at radius 3 is 2.32 bits per heavy atom. The molecule has 0 saturated carbocycles. The first-order chi connectivity index (χ1) is 12.0. The maximum Gasteiger partial charge on any atom is 0.255 e. The molecule has 0 radical (unpaired) electrons. The van der Waals surface area contributed by atoms with Gasteiger partial charge in [-0.1, -0.05) is 12.1 Å². The zero-order chi connectivity index (χ0) is 18.2. The smallest absolute Gasteiger partial charge is 0.255 e. The van der Waals surface area contributed by atoms with Gasteiger partial charge < -0.3 is 10.6 Å². The molecule has 4 nitrogen and oxygen atoms in total. The monoisotopic (exact) mass is 360 g/mol. The molecule has 6 heteroatoms. The molecule has 0 aliphatic rings. The lowest BCUT2D eigenvalue weighted by Crippen LogP contribution is -2.26. The molecule has 25 heavy (non-hydrogen) atoms. The standard InChI is InChI=1S/C19H21FN2O2S/c1-13(21-18(23)11-12-25-2)14-5-9-17(10-6-14)22-19(24)15-3-7-16(20)8-4-15/h3-10,13H,11-12H2,1-2H3,(H,21,23)(H,22,24). The van der Waals surface area contributed by atoms with Crippen molar-refractivity contribution in [2.45, 2.75) is 19.4 Å². The second-order valence-electron chi connectivity index (χ2n) is 5.62. The van der Waals surface area contributed by atoms with Crippen molar-refractivity contribution in [2.24, 2.45) is 0 Å². The predicted molar refractivity (Wildman–Crippen MR) is 100 cm³/mol. The maximum atomic E-state index is 12.9. The number of carbonyl (C=O) groups excluding carboxylic acids is 2. The molecule has 0 aliphatic heterocycles. The number of carbonyl (C=O) groups is 2. The van der Waals surface area contributed by atoms with Gasteiger partial charge in [0.15, 0.2) is 0 Å². The van der Waals surface area contributed by atoms with E-state index in [9.17, 15) is 14.0 Å². The highest BCUT2D eigenvalue weighted by molar-refractivity contribution is 7.98. The van der Waals surface area contributed by atoms with Gasteiger partial charge in [0, 0.05) is 23.4 Å². The van der Waals surface area contributed by atoms with Crippen molar-refractivity contribution >= 4 is 29.3 Å². The zero-order valence-corrected chi connectivity index (χ0v) is 15.0. The van der Waals surface area contributed by atoms with Gasteiger partial charge in [0.25, 0.3) is 5.91 Å². The summed E-state index contributed by atoms with van der Waals surface area (Å²) in [7, 11) is 0. The average Bonchev–Trinajstić information content (AvgIpc) is 2.61. The quantitative estimate of drug-likeness (QED) is 0.784. The van der Waals surface area contributed by atoms with Crippen LogP contribution in [0.2, 0.25) is 0 Å². The van der Waals surface area contributed by atoms with E-state index in [0.717, 1.165) is 11.3 Å². The fraction of sp³-hybridized carbons (Fsp3) is 0.263. The summed E-state index contributed by atoms with van der Waals surface area (Å²) in [5, 5.41) is 5.71. The summed E-state index contributed by atoms with van der Waals surface area (Å²) < 4.78 is 12.9. The number of hydrogen-bond donors (Lipinski definition) is 2. The Labute approximate surface area is 151 Å². The van der Waals surface area contributed by atoms with E-state index in [1.807, 2.05) is 25.3 Å². The fourth-order valence-electron chi connectivity index (χ4n) is 2.25. The number of thioether (sulfide) groups is 1. The van der Waals surface area contributed by atoms with E-state index in [1.54, 1.807) is 23.9 Å². The molecule has 0 heterocycles. The van der Waals surface area contributed by atoms with Crippen LogP contribution < -0.4 is 10.6 Å². The molecule has 0 saturated heterocycles. The van der Waals surface area contributed by atoms with Crippen molar-refractivity contribution in [1.82, 2.24) is 5.32 Å². The molecule has 2 aromatic carbocycles. The van der Waals surface area contributed by atoms with Gasteiger partial charge in [0.2, 0.25) is 5.91 Å². The second kappa shape index (κ2) is 9.22. The topological polar surface area (TPSA) is 58.2 Å². The van der Waals surface area contributed by atoms with Gasteiger partial charge in [-0.3, -0.25) is 9.59 Å². The van der Waals surface area contributed by atoms with Crippen molar-refractivity contribution in [3.8, 4) is 0 Å². The SMILES string of the molecule is CSCCC(=O)NC(C)c1ccc(NC(=O)c2ccc(F)cc2)cc1. The molecule has 0 spiro atoms. The number of anilines is 1. The van der Waals surface area contributed by atoms with Crippen molar-refractivity contribution in [2.75, 3.05) is 17.3 Å². The molecule has 0 fully saturated rings. The third-order valence-electron chi connectivity index (χ3n) is 3.69. The summed E-state index contributed by atoms with van der Waals surface area (Å²) in [6.45, 7) is 1.92. The normalized spacial score (nSPS) is 11.6. The van der Waals surface area contributed by atoms with E-state index < -0.39 is 0 Å². The van der Waals surface area contributed by atoms with E-state index in [1.165, 1.54) is 24.3 Å². The lowest BCUT2D eigenvalue weighted by molar-refractivity contribution is -0.121. The first-order valence-corrected chi connectivity index (χ1v) is 9.34. The number of rotatable bonds is 7. The van der Waals surface area contributed by atoms with Gasteiger partial charge in [-0.25, -0.2) is 4.39 Å². The van der Waals surface area contributed by atoms with Crippen LogP contribution in [0.15, 0.2) is 48.5 Å². The highest BCUT2D eigenvalue weighted by Gasteiger charge is 2.10. The summed E-state index contributed by atoms with van der Waals surface area (Å²) in [4.78, 5) is 23.9. The number of amides is 2. The Kier molecular flexibility index (Phi) is 7.01. The molecule has 1 atom stereocenters. The summed E-state index contributed by atoms with van der Waals surface area (Å²) in [5.41, 5.74) is 1.98. The maximum absolute atomic E-state index is 12.9. The van der Waals surface area contributed by atoms with Gasteiger partial charge in [0.05, 0.1) is 6.04 Å². The Morgan fingerprint density at radius 2 is 1.72 bits per heavy atom. The van der Waals surface area contributed by atoms with E-state index in [2.05, 4.69) is 10.6 Å². The molecule has 0 aromatic heterocycles. The molecule has 0 aliphatic carbocycles. The number of halogens is 1. The molecule has 2 N–H and O–H groups in total. The van der Waals surface area contributed by atoms with Gasteiger partial charge >= 0.3 is 0 Å². The van der Waals surface area contributed by atoms with Crippen molar-refractivity contribution < 1.29 is 14.0 Å². The third kappa shape index (κ3) is 5.90. The van der Waals surface area contributed by atoms with Crippen LogP contribution in [0, 0.1) is 5.82 Å². The van der Waals surface area contributed by atoms with E-state index >= 15 is 0 Å². The first kappa shape index (κ1) is 19.0. The van der Waals surface area contributed by atoms with Crippen LogP contribution in [0.5, 0.6) is 0 Å². The van der Waals surface area contributed by atoms with Gasteiger partial charge in [-0.2, -0.15) is 11.8 Å². The van der Waals surface area contributed by atoms with Gasteiger partial charge in [-0.15, -0.1) is 0 Å². The van der Waals surface area contributed by atoms with E-state index in [4.69, 9.17) is 0 Å². The molecule has 2 aromatic rings. The lowest BCUT2D eigenvalue weighted by Gasteiger charge is -2.15. The zero-order valence-electron chi connectivity index (χ0n) is 14.2. The average molecular weight is 360 g/mol. The van der Waals surface area contributed by atoms with Crippen LogP contribution in [0.25, 0.3) is 0 Å². The number of hydrogen-bond acceptors (Lipinski definition) is 3. The third-order valence-corrected chi connectivity index (χ3v) is 4.30. The molecule has 2 rings (SSSR count). The van der Waals surface area contributed by atoms with Gasteiger partial charge in [0.1, 0.15) is 5.82 Å². The van der Waals surface area contributed by atoms with Crippen LogP contribution in [0.3, 0.4) is 0 Å². The highest BCUT2D eigenvalue weighted by Crippen LogP contribution is 2.17. The Hall–Kier alpha value is -2.34. The fourth-order valence-corrected chi connectivity index (χ4v) is 2.64. The molecule has 0 bridgehead atoms. The Balaban J connectivity index is 1.93. The van der Waals surface area contributed by atoms with Crippen LogP contribution in [-0.4, -0.2) is 23.8 Å². The Morgan fingerprint density at radius 1 is 1.08 bits per heavy atom. The highest BCUT2D eigenvalue weighted by atomic mass is 32.2. The molecule has 1 unspecified atom stereocenters. The number of benzene rings is 2. The Bertz CT molecular complexity index is 717. The van der Waals surface area contributed by atoms with E-state index in [0.29, 0.717) is 17.7 Å². The summed E-state index contributed by atoms with van der Waals surface area (Å²) in [6, 6.07) is 12.5. The molecule has 132 valence electrons. The van der Waals surface area contributed by atoms with Crippen LogP contribution >= 0.6 is 11.8 Å². The van der Waals surface area contributed by atoms with E-state index in [-0.39, 0.29) is 23.7 Å². The minimum Gasteiger partial charge on any atom is -0.350 e. The van der Waals surface area contributed by atoms with Gasteiger partial charge in [-0.05, 0) is 55.1 Å². The first-order valence-electron chi connectivity index (χ1n) is 7.95. The molecule has 2 amide bonds. The summed E-state index contributed by atoms with van der Waals surface area (Å²) >= 11 is 1.64. The van der Waals surface area contributed by atoms with Crippen LogP contribution in [0.4, 0.5) is 10.1 Å². The van der Waals surface area contributed by atoms with Crippen LogP contribution in [-0.2, 0) is 4.79 Å². The molecular formula is C19H21FN2O2S. The summed E-state index contributed by atoms with van der Waals surface area (Å²) in [6.07, 6.45) is 2.47. The predicted octanol–water partition coefficient (Wildman–Crippen LogP) is 4.01. The minimum absolute atomic E-state index is 0.0236. The molecular weight excluding hydrogens is 339 g/mol. The van der Waals surface area contributed by atoms with Crippen LogP contribution in [0.1, 0.15) is 35.3 Å². The van der Waals surface area contributed by atoms with Crippen molar-refractivity contribution in [3.63, 3.8) is 0 Å². The number of nitrogens with one attached hydrogen (secondary N) is 2. The van der Waals surface area contributed by atoms with Crippen molar-refractivity contribution in [3.05, 3.63) is 65.5 Å². The largest absolute Gasteiger partial charge is 0.350 e.